The second kappa shape index (κ2) is 4.25. The second-order valence-corrected chi connectivity index (χ2v) is 14.1. The van der Waals surface area contributed by atoms with Gasteiger partial charge in [-0.1, -0.05) is 37.8 Å². The van der Waals surface area contributed by atoms with Gasteiger partial charge in [-0.05, 0) is 32.0 Å². The summed E-state index contributed by atoms with van der Waals surface area (Å²) in [7, 11) is -4.90. The van der Waals surface area contributed by atoms with Crippen molar-refractivity contribution in [3.63, 3.8) is 0 Å². The topological polar surface area (TPSA) is 34.1 Å². The van der Waals surface area contributed by atoms with Crippen LogP contribution in [-0.2, 0) is 9.84 Å². The van der Waals surface area contributed by atoms with Gasteiger partial charge in [0.05, 0.1) is 17.7 Å². The quantitative estimate of drug-likeness (QED) is 0.774. The first-order valence-corrected chi connectivity index (χ1v) is 10.8. The highest BCUT2D eigenvalue weighted by Crippen LogP contribution is 2.25. The molecule has 1 aromatic rings. The molecule has 0 aliphatic heterocycles. The maximum absolute atomic E-state index is 12.5. The highest BCUT2D eigenvalue weighted by Gasteiger charge is 2.35. The van der Waals surface area contributed by atoms with Gasteiger partial charge < -0.3 is 0 Å². The van der Waals surface area contributed by atoms with Crippen molar-refractivity contribution in [1.29, 1.82) is 0 Å². The Kier molecular flexibility index (Phi) is 3.61. The Morgan fingerprint density at radius 2 is 1.47 bits per heavy atom. The first-order chi connectivity index (χ1) is 7.48. The van der Waals surface area contributed by atoms with E-state index in [1.807, 2.05) is 18.2 Å². The van der Waals surface area contributed by atoms with Gasteiger partial charge in [0.2, 0.25) is 0 Å². The van der Waals surface area contributed by atoms with Crippen LogP contribution in [0.1, 0.15) is 20.8 Å². The minimum atomic E-state index is -3.26. The summed E-state index contributed by atoms with van der Waals surface area (Å²) in [4.78, 5) is 0.520. The van der Waals surface area contributed by atoms with Gasteiger partial charge in [-0.3, -0.25) is 0 Å². The highest BCUT2D eigenvalue weighted by molar-refractivity contribution is 7.93. The van der Waals surface area contributed by atoms with Crippen LogP contribution < -0.4 is 5.19 Å². The van der Waals surface area contributed by atoms with Crippen LogP contribution >= 0.6 is 0 Å². The Labute approximate surface area is 106 Å². The van der Waals surface area contributed by atoms with E-state index in [1.165, 1.54) is 0 Å². The summed E-state index contributed by atoms with van der Waals surface area (Å²) in [6.07, 6.45) is 0. The minimum absolute atomic E-state index is 0.520. The molecule has 0 aliphatic carbocycles. The van der Waals surface area contributed by atoms with E-state index in [0.29, 0.717) is 4.90 Å². The summed E-state index contributed by atoms with van der Waals surface area (Å²) in [5, 5.41) is 1.02. The lowest BCUT2D eigenvalue weighted by atomic mass is 10.3. The third kappa shape index (κ3) is 2.80. The third-order valence-electron chi connectivity index (χ3n) is 2.79. The molecular formula is C13H22O2SSi. The summed E-state index contributed by atoms with van der Waals surface area (Å²) < 4.78 is 24.3. The molecule has 2 nitrogen and oxygen atoms in total. The maximum Gasteiger partial charge on any atom is 0.183 e. The fourth-order valence-corrected chi connectivity index (χ4v) is 5.67. The predicted molar refractivity (Wildman–Crippen MR) is 76.4 cm³/mol. The van der Waals surface area contributed by atoms with Crippen molar-refractivity contribution >= 4 is 23.1 Å². The summed E-state index contributed by atoms with van der Waals surface area (Å²) >= 11 is 0. The molecule has 0 saturated heterocycles. The number of sulfone groups is 1. The molecule has 0 aliphatic rings. The van der Waals surface area contributed by atoms with E-state index in [0.717, 1.165) is 5.19 Å². The van der Waals surface area contributed by atoms with E-state index in [1.54, 1.807) is 26.8 Å². The van der Waals surface area contributed by atoms with Crippen LogP contribution in [0.2, 0.25) is 19.6 Å². The molecule has 0 spiro atoms. The standard InChI is InChI=1S/C13H22O2SSi/c1-13(2,3)16(14,15)11-9-7-8-10-12(11)17(4,5)6/h7-10H,1-6H3. The molecule has 0 fully saturated rings. The lowest BCUT2D eigenvalue weighted by Crippen LogP contribution is -2.43. The van der Waals surface area contributed by atoms with Crippen molar-refractivity contribution < 1.29 is 8.42 Å². The molecule has 0 atom stereocenters. The van der Waals surface area contributed by atoms with E-state index in [2.05, 4.69) is 19.6 Å². The van der Waals surface area contributed by atoms with Crippen molar-refractivity contribution in [2.75, 3.05) is 0 Å². The van der Waals surface area contributed by atoms with Crippen LogP contribution in [0.4, 0.5) is 0 Å². The average Bonchev–Trinajstić information content (AvgIpc) is 2.14. The third-order valence-corrected chi connectivity index (χ3v) is 7.57. The van der Waals surface area contributed by atoms with E-state index in [-0.39, 0.29) is 0 Å². The normalized spacial score (nSPS) is 13.8. The number of hydrogen-bond acceptors (Lipinski definition) is 2. The molecule has 4 heteroatoms. The monoisotopic (exact) mass is 270 g/mol. The molecular weight excluding hydrogens is 248 g/mol. The van der Waals surface area contributed by atoms with Crippen LogP contribution in [0.5, 0.6) is 0 Å². The van der Waals surface area contributed by atoms with Crippen LogP contribution in [0.3, 0.4) is 0 Å². The SMILES string of the molecule is CC(C)(C)S(=O)(=O)c1ccccc1[Si](C)(C)C. The lowest BCUT2D eigenvalue weighted by molar-refractivity contribution is 0.561. The zero-order valence-electron chi connectivity index (χ0n) is 11.5. The Bertz CT molecular complexity index is 505. The van der Waals surface area contributed by atoms with Crippen molar-refractivity contribution in [3.05, 3.63) is 24.3 Å². The van der Waals surface area contributed by atoms with Gasteiger partial charge >= 0.3 is 0 Å². The minimum Gasteiger partial charge on any atom is -0.223 e. The van der Waals surface area contributed by atoms with Gasteiger partial charge in [0.1, 0.15) is 0 Å². The van der Waals surface area contributed by atoms with Gasteiger partial charge in [-0.25, -0.2) is 8.42 Å². The Hall–Kier alpha value is -0.613. The van der Waals surface area contributed by atoms with Gasteiger partial charge in [-0.2, -0.15) is 0 Å². The molecule has 0 saturated carbocycles. The maximum atomic E-state index is 12.5. The molecule has 0 heterocycles. The fraction of sp³-hybridized carbons (Fsp3) is 0.538. The number of rotatable bonds is 2. The van der Waals surface area contributed by atoms with Gasteiger partial charge in [-0.15, -0.1) is 0 Å². The van der Waals surface area contributed by atoms with E-state index in [4.69, 9.17) is 0 Å². The predicted octanol–water partition coefficient (Wildman–Crippen LogP) is 2.80. The molecule has 17 heavy (non-hydrogen) atoms. The van der Waals surface area contributed by atoms with Crippen LogP contribution in [-0.4, -0.2) is 21.2 Å². The Morgan fingerprint density at radius 3 is 1.88 bits per heavy atom. The summed E-state index contributed by atoms with van der Waals surface area (Å²) in [5.74, 6) is 0. The molecule has 0 amide bonds. The van der Waals surface area contributed by atoms with Crippen molar-refractivity contribution in [2.45, 2.75) is 50.1 Å². The van der Waals surface area contributed by atoms with Crippen molar-refractivity contribution in [3.8, 4) is 0 Å². The molecule has 96 valence electrons. The summed E-state index contributed by atoms with van der Waals surface area (Å²) in [5.41, 5.74) is 0. The van der Waals surface area contributed by atoms with E-state index < -0.39 is 22.7 Å². The highest BCUT2D eigenvalue weighted by atomic mass is 32.2. The molecule has 0 unspecified atom stereocenters. The van der Waals surface area contributed by atoms with Crippen LogP contribution in [0.15, 0.2) is 29.2 Å². The second-order valence-electron chi connectivity index (χ2n) is 6.36. The molecule has 0 bridgehead atoms. The van der Waals surface area contributed by atoms with Gasteiger partial charge in [0.15, 0.2) is 9.84 Å². The number of benzene rings is 1. The van der Waals surface area contributed by atoms with Gasteiger partial charge in [0, 0.05) is 0 Å². The molecule has 0 aromatic heterocycles. The van der Waals surface area contributed by atoms with Crippen LogP contribution in [0, 0.1) is 0 Å². The average molecular weight is 270 g/mol. The zero-order chi connectivity index (χ0) is 13.5. The van der Waals surface area contributed by atoms with Crippen LogP contribution in [0.25, 0.3) is 0 Å². The Morgan fingerprint density at radius 1 is 1.00 bits per heavy atom. The van der Waals surface area contributed by atoms with E-state index in [9.17, 15) is 8.42 Å². The molecule has 0 N–H and O–H groups in total. The lowest BCUT2D eigenvalue weighted by Gasteiger charge is -2.25. The first-order valence-electron chi connectivity index (χ1n) is 5.82. The zero-order valence-corrected chi connectivity index (χ0v) is 13.4. The van der Waals surface area contributed by atoms with Crippen molar-refractivity contribution in [1.82, 2.24) is 0 Å². The molecule has 0 radical (unpaired) electrons. The first kappa shape index (κ1) is 14.4. The van der Waals surface area contributed by atoms with Crippen molar-refractivity contribution in [2.24, 2.45) is 0 Å². The van der Waals surface area contributed by atoms with E-state index >= 15 is 0 Å². The van der Waals surface area contributed by atoms with Gasteiger partial charge in [0.25, 0.3) is 0 Å². The summed E-state index contributed by atoms with van der Waals surface area (Å²) in [6.45, 7) is 11.8. The molecule has 1 rings (SSSR count). The fourth-order valence-electron chi connectivity index (χ4n) is 1.65. The Balaban J connectivity index is 3.55. The summed E-state index contributed by atoms with van der Waals surface area (Å²) in [6, 6.07) is 7.44. The largest absolute Gasteiger partial charge is 0.223 e. The number of hydrogen-bond donors (Lipinski definition) is 0. The molecule has 1 aromatic carbocycles. The smallest absolute Gasteiger partial charge is 0.183 e.